The molecule has 0 fully saturated rings. The Morgan fingerprint density at radius 1 is 1.19 bits per heavy atom. The normalized spacial score (nSPS) is 12.1. The lowest BCUT2D eigenvalue weighted by molar-refractivity contribution is 0.372. The zero-order chi connectivity index (χ0) is 15.6. The molecule has 1 aromatic heterocycles. The van der Waals surface area contributed by atoms with E-state index < -0.39 is 0 Å². The van der Waals surface area contributed by atoms with Crippen LogP contribution in [0.2, 0.25) is 0 Å². The van der Waals surface area contributed by atoms with E-state index in [0.29, 0.717) is 0 Å². The number of rotatable bonds is 4. The minimum atomic E-state index is 0.0500. The van der Waals surface area contributed by atoms with Gasteiger partial charge >= 0.3 is 0 Å². The maximum Gasteiger partial charge on any atom is 0.114 e. The van der Waals surface area contributed by atoms with Gasteiger partial charge in [0.15, 0.2) is 0 Å². The number of likely N-dealkylation sites (N-methyl/N-ethyl adjacent to an activating group) is 1. The van der Waals surface area contributed by atoms with Gasteiger partial charge in [-0.1, -0.05) is 44.5 Å². The minimum Gasteiger partial charge on any atom is -0.333 e. The van der Waals surface area contributed by atoms with Crippen molar-refractivity contribution in [1.82, 2.24) is 14.5 Å². The maximum absolute atomic E-state index is 4.92. The summed E-state index contributed by atoms with van der Waals surface area (Å²) < 4.78 is 2.30. The van der Waals surface area contributed by atoms with Crippen LogP contribution in [0.25, 0.3) is 11.3 Å². The highest BCUT2D eigenvalue weighted by Crippen LogP contribution is 2.26. The second kappa shape index (κ2) is 6.02. The predicted octanol–water partition coefficient (Wildman–Crippen LogP) is 3.72. The largest absolute Gasteiger partial charge is 0.333 e. The van der Waals surface area contributed by atoms with Gasteiger partial charge in [0.05, 0.1) is 5.69 Å². The van der Waals surface area contributed by atoms with Gasteiger partial charge in [0.2, 0.25) is 0 Å². The molecule has 0 radical (unpaired) electrons. The summed E-state index contributed by atoms with van der Waals surface area (Å²) in [7, 11) is 4.21. The summed E-state index contributed by atoms with van der Waals surface area (Å²) in [5, 5.41) is 0. The molecule has 3 nitrogen and oxygen atoms in total. The maximum atomic E-state index is 4.92. The van der Waals surface area contributed by atoms with Crippen molar-refractivity contribution in [2.24, 2.45) is 0 Å². The van der Waals surface area contributed by atoms with Gasteiger partial charge < -0.3 is 9.47 Å². The third kappa shape index (κ3) is 3.94. The minimum absolute atomic E-state index is 0.0500. The van der Waals surface area contributed by atoms with Crippen LogP contribution in [0.1, 0.15) is 32.2 Å². The van der Waals surface area contributed by atoms with Crippen LogP contribution in [0.15, 0.2) is 30.5 Å². The molecule has 0 saturated carbocycles. The third-order valence-electron chi connectivity index (χ3n) is 3.55. The molecule has 3 heteroatoms. The van der Waals surface area contributed by atoms with E-state index in [9.17, 15) is 0 Å². The van der Waals surface area contributed by atoms with Crippen LogP contribution in [0, 0.1) is 6.92 Å². The Bertz CT molecular complexity index is 603. The highest BCUT2D eigenvalue weighted by Gasteiger charge is 2.22. The van der Waals surface area contributed by atoms with Crippen LogP contribution in [0.5, 0.6) is 0 Å². The molecular formula is C18H27N3. The first-order chi connectivity index (χ1) is 9.77. The number of aromatic nitrogens is 2. The number of imidazole rings is 1. The number of benzene rings is 1. The van der Waals surface area contributed by atoms with E-state index in [4.69, 9.17) is 4.98 Å². The summed E-state index contributed by atoms with van der Waals surface area (Å²) in [5.41, 5.74) is 3.59. The Kier molecular flexibility index (Phi) is 4.52. The molecule has 0 unspecified atom stereocenters. The van der Waals surface area contributed by atoms with Crippen LogP contribution >= 0.6 is 0 Å². The van der Waals surface area contributed by atoms with Crippen molar-refractivity contribution >= 4 is 0 Å². The van der Waals surface area contributed by atoms with E-state index in [1.54, 1.807) is 0 Å². The van der Waals surface area contributed by atoms with E-state index in [-0.39, 0.29) is 5.41 Å². The molecule has 21 heavy (non-hydrogen) atoms. The highest BCUT2D eigenvalue weighted by atomic mass is 15.1. The first-order valence-corrected chi connectivity index (χ1v) is 7.57. The number of nitrogens with zero attached hydrogens (tertiary/aromatic N) is 3. The van der Waals surface area contributed by atoms with Crippen molar-refractivity contribution in [3.05, 3.63) is 41.9 Å². The molecule has 2 aromatic rings. The van der Waals surface area contributed by atoms with Crippen molar-refractivity contribution in [3.63, 3.8) is 0 Å². The Balaban J connectivity index is 2.40. The molecule has 114 valence electrons. The fourth-order valence-electron chi connectivity index (χ4n) is 2.44. The van der Waals surface area contributed by atoms with Gasteiger partial charge in [-0.2, -0.15) is 0 Å². The van der Waals surface area contributed by atoms with E-state index >= 15 is 0 Å². The Hall–Kier alpha value is -1.61. The molecule has 1 aromatic carbocycles. The first kappa shape index (κ1) is 15.8. The SMILES string of the molecule is Cc1cccc(-c2cn(CCN(C)C)c(C(C)(C)C)n2)c1. The van der Waals surface area contributed by atoms with E-state index in [1.807, 2.05) is 0 Å². The second-order valence-corrected chi connectivity index (χ2v) is 7.07. The standard InChI is InChI=1S/C18H27N3/c1-14-8-7-9-15(12-14)16-13-21(11-10-20(5)6)17(19-16)18(2,3)4/h7-9,12-13H,10-11H2,1-6H3. The molecule has 0 N–H and O–H groups in total. The van der Waals surface area contributed by atoms with Crippen LogP contribution in [-0.2, 0) is 12.0 Å². The van der Waals surface area contributed by atoms with Gasteiger partial charge in [-0.05, 0) is 27.1 Å². The molecule has 0 amide bonds. The molecule has 0 saturated heterocycles. The molecule has 1 heterocycles. The van der Waals surface area contributed by atoms with E-state index in [1.165, 1.54) is 11.1 Å². The van der Waals surface area contributed by atoms with Gasteiger partial charge in [-0.3, -0.25) is 0 Å². The lowest BCUT2D eigenvalue weighted by Gasteiger charge is -2.20. The van der Waals surface area contributed by atoms with Crippen molar-refractivity contribution in [2.75, 3.05) is 20.6 Å². The van der Waals surface area contributed by atoms with Gasteiger partial charge in [-0.25, -0.2) is 4.98 Å². The molecule has 2 rings (SSSR count). The topological polar surface area (TPSA) is 21.1 Å². The highest BCUT2D eigenvalue weighted by molar-refractivity contribution is 5.59. The Morgan fingerprint density at radius 3 is 2.48 bits per heavy atom. The Labute approximate surface area is 128 Å². The van der Waals surface area contributed by atoms with Gasteiger partial charge in [-0.15, -0.1) is 0 Å². The third-order valence-corrected chi connectivity index (χ3v) is 3.55. The predicted molar refractivity (Wildman–Crippen MR) is 89.7 cm³/mol. The summed E-state index contributed by atoms with van der Waals surface area (Å²) in [5.74, 6) is 1.15. The van der Waals surface area contributed by atoms with Crippen LogP contribution < -0.4 is 0 Å². The first-order valence-electron chi connectivity index (χ1n) is 7.57. The average Bonchev–Trinajstić information content (AvgIpc) is 2.80. The lowest BCUT2D eigenvalue weighted by Crippen LogP contribution is -2.23. The van der Waals surface area contributed by atoms with Gasteiger partial charge in [0, 0.05) is 30.3 Å². The Morgan fingerprint density at radius 2 is 1.90 bits per heavy atom. The summed E-state index contributed by atoms with van der Waals surface area (Å²) in [6, 6.07) is 8.56. The molecule has 0 aliphatic rings. The van der Waals surface area contributed by atoms with Crippen molar-refractivity contribution in [3.8, 4) is 11.3 Å². The van der Waals surface area contributed by atoms with Crippen molar-refractivity contribution in [1.29, 1.82) is 0 Å². The monoisotopic (exact) mass is 285 g/mol. The van der Waals surface area contributed by atoms with E-state index in [2.05, 4.69) is 81.7 Å². The van der Waals surface area contributed by atoms with Crippen LogP contribution in [0.4, 0.5) is 0 Å². The summed E-state index contributed by atoms with van der Waals surface area (Å²) in [4.78, 5) is 7.12. The lowest BCUT2D eigenvalue weighted by atomic mass is 9.95. The number of aryl methyl sites for hydroxylation is 1. The summed E-state index contributed by atoms with van der Waals surface area (Å²) >= 11 is 0. The van der Waals surface area contributed by atoms with Crippen LogP contribution in [-0.4, -0.2) is 35.1 Å². The van der Waals surface area contributed by atoms with Gasteiger partial charge in [0.1, 0.15) is 5.82 Å². The quantitative estimate of drug-likeness (QED) is 0.853. The molecule has 0 spiro atoms. The zero-order valence-electron chi connectivity index (χ0n) is 14.1. The summed E-state index contributed by atoms with van der Waals surface area (Å²) in [6.07, 6.45) is 2.19. The number of hydrogen-bond acceptors (Lipinski definition) is 2. The zero-order valence-corrected chi connectivity index (χ0v) is 14.1. The van der Waals surface area contributed by atoms with E-state index in [0.717, 1.165) is 24.6 Å². The molecule has 0 aliphatic carbocycles. The number of hydrogen-bond donors (Lipinski definition) is 0. The van der Waals surface area contributed by atoms with Crippen molar-refractivity contribution < 1.29 is 0 Å². The molecule has 0 aliphatic heterocycles. The molecule has 0 atom stereocenters. The summed E-state index contributed by atoms with van der Waals surface area (Å²) in [6.45, 7) is 10.8. The van der Waals surface area contributed by atoms with Gasteiger partial charge in [0.25, 0.3) is 0 Å². The fourth-order valence-corrected chi connectivity index (χ4v) is 2.44. The molecule has 0 bridgehead atoms. The molecular weight excluding hydrogens is 258 g/mol. The van der Waals surface area contributed by atoms with Crippen molar-refractivity contribution in [2.45, 2.75) is 39.7 Å². The fraction of sp³-hybridized carbons (Fsp3) is 0.500. The average molecular weight is 285 g/mol. The van der Waals surface area contributed by atoms with Crippen LogP contribution in [0.3, 0.4) is 0 Å². The smallest absolute Gasteiger partial charge is 0.114 e. The second-order valence-electron chi connectivity index (χ2n) is 7.07.